The highest BCUT2D eigenvalue weighted by Gasteiger charge is 2.02. The van der Waals surface area contributed by atoms with Crippen LogP contribution in [0.5, 0.6) is 5.75 Å². The highest BCUT2D eigenvalue weighted by Crippen LogP contribution is 2.28. The summed E-state index contributed by atoms with van der Waals surface area (Å²) in [7, 11) is 0. The van der Waals surface area contributed by atoms with Gasteiger partial charge in [0.05, 0.1) is 4.47 Å². The van der Waals surface area contributed by atoms with Gasteiger partial charge in [0.25, 0.3) is 0 Å². The van der Waals surface area contributed by atoms with Crippen LogP contribution in [-0.2, 0) is 6.61 Å². The highest BCUT2D eigenvalue weighted by molar-refractivity contribution is 9.10. The number of hydrogen-bond acceptors (Lipinski definition) is 1. The SMILES string of the molecule is Fc1cccc(COc2ccc(Cl)cc2Br)c1. The molecule has 2 aromatic carbocycles. The van der Waals surface area contributed by atoms with Crippen molar-refractivity contribution in [2.24, 2.45) is 0 Å². The van der Waals surface area contributed by atoms with Gasteiger partial charge in [-0.05, 0) is 51.8 Å². The Bertz CT molecular complexity index is 531. The maximum Gasteiger partial charge on any atom is 0.134 e. The number of benzene rings is 2. The van der Waals surface area contributed by atoms with Crippen LogP contribution in [0, 0.1) is 5.82 Å². The van der Waals surface area contributed by atoms with Crippen LogP contribution in [0.1, 0.15) is 5.56 Å². The molecule has 0 amide bonds. The summed E-state index contributed by atoms with van der Waals surface area (Å²) in [5.74, 6) is 0.417. The van der Waals surface area contributed by atoms with E-state index in [-0.39, 0.29) is 5.82 Å². The lowest BCUT2D eigenvalue weighted by Crippen LogP contribution is -1.96. The van der Waals surface area contributed by atoms with E-state index in [4.69, 9.17) is 16.3 Å². The molecule has 0 radical (unpaired) electrons. The summed E-state index contributed by atoms with van der Waals surface area (Å²) in [6.45, 7) is 0.317. The fraction of sp³-hybridized carbons (Fsp3) is 0.0769. The second-order valence-electron chi connectivity index (χ2n) is 3.49. The van der Waals surface area contributed by atoms with E-state index in [1.807, 2.05) is 6.07 Å². The predicted molar refractivity (Wildman–Crippen MR) is 69.9 cm³/mol. The third-order valence-electron chi connectivity index (χ3n) is 2.18. The molecule has 1 nitrogen and oxygen atoms in total. The van der Waals surface area contributed by atoms with Gasteiger partial charge < -0.3 is 4.74 Å². The maximum atomic E-state index is 12.9. The first-order valence-corrected chi connectivity index (χ1v) is 6.14. The molecule has 2 rings (SSSR count). The van der Waals surface area contributed by atoms with E-state index in [1.54, 1.807) is 24.3 Å². The third kappa shape index (κ3) is 3.45. The number of halogens is 3. The van der Waals surface area contributed by atoms with E-state index >= 15 is 0 Å². The van der Waals surface area contributed by atoms with Gasteiger partial charge in [0.1, 0.15) is 18.2 Å². The largest absolute Gasteiger partial charge is 0.488 e. The second-order valence-corrected chi connectivity index (χ2v) is 4.78. The minimum absolute atomic E-state index is 0.263. The van der Waals surface area contributed by atoms with Gasteiger partial charge in [-0.1, -0.05) is 23.7 Å². The van der Waals surface area contributed by atoms with Crippen molar-refractivity contribution in [1.82, 2.24) is 0 Å². The van der Waals surface area contributed by atoms with Crippen molar-refractivity contribution in [1.29, 1.82) is 0 Å². The topological polar surface area (TPSA) is 9.23 Å². The zero-order valence-electron chi connectivity index (χ0n) is 8.79. The molecule has 0 fully saturated rings. The van der Waals surface area contributed by atoms with Crippen LogP contribution in [0.3, 0.4) is 0 Å². The average molecular weight is 316 g/mol. The van der Waals surface area contributed by atoms with Gasteiger partial charge in [-0.25, -0.2) is 4.39 Å². The average Bonchev–Trinajstić information content (AvgIpc) is 2.28. The lowest BCUT2D eigenvalue weighted by molar-refractivity contribution is 0.303. The van der Waals surface area contributed by atoms with E-state index in [1.165, 1.54) is 12.1 Å². The van der Waals surface area contributed by atoms with Gasteiger partial charge in [-0.15, -0.1) is 0 Å². The molecule has 0 aliphatic rings. The van der Waals surface area contributed by atoms with Gasteiger partial charge in [0.2, 0.25) is 0 Å². The normalized spacial score (nSPS) is 10.3. The van der Waals surface area contributed by atoms with Gasteiger partial charge in [0, 0.05) is 5.02 Å². The van der Waals surface area contributed by atoms with E-state index in [9.17, 15) is 4.39 Å². The maximum absolute atomic E-state index is 12.9. The quantitative estimate of drug-likeness (QED) is 0.789. The van der Waals surface area contributed by atoms with Gasteiger partial charge in [-0.3, -0.25) is 0 Å². The Labute approximate surface area is 112 Å². The Hall–Kier alpha value is -1.06. The summed E-state index contributed by atoms with van der Waals surface area (Å²) in [5.41, 5.74) is 0.784. The van der Waals surface area contributed by atoms with E-state index in [0.29, 0.717) is 17.4 Å². The van der Waals surface area contributed by atoms with E-state index in [2.05, 4.69) is 15.9 Å². The number of hydrogen-bond donors (Lipinski definition) is 0. The van der Waals surface area contributed by atoms with Crippen LogP contribution in [0.2, 0.25) is 5.02 Å². The molecule has 0 spiro atoms. The van der Waals surface area contributed by atoms with Crippen molar-refractivity contribution in [3.63, 3.8) is 0 Å². The first kappa shape index (κ1) is 12.4. The summed E-state index contributed by atoms with van der Waals surface area (Å²) in [6.07, 6.45) is 0. The van der Waals surface area contributed by atoms with Crippen molar-refractivity contribution in [3.8, 4) is 5.75 Å². The fourth-order valence-electron chi connectivity index (χ4n) is 1.38. The zero-order valence-corrected chi connectivity index (χ0v) is 11.1. The molecule has 0 aliphatic heterocycles. The van der Waals surface area contributed by atoms with Crippen molar-refractivity contribution < 1.29 is 9.13 Å². The van der Waals surface area contributed by atoms with E-state index in [0.717, 1.165) is 10.0 Å². The molecule has 4 heteroatoms. The number of ether oxygens (including phenoxy) is 1. The predicted octanol–water partition coefficient (Wildman–Crippen LogP) is 4.82. The molecule has 0 atom stereocenters. The number of rotatable bonds is 3. The molecule has 0 heterocycles. The van der Waals surface area contributed by atoms with Crippen LogP contribution in [-0.4, -0.2) is 0 Å². The minimum atomic E-state index is -0.263. The Balaban J connectivity index is 2.07. The van der Waals surface area contributed by atoms with Gasteiger partial charge in [0.15, 0.2) is 0 Å². The Morgan fingerprint density at radius 2 is 2.00 bits per heavy atom. The summed E-state index contributed by atoms with van der Waals surface area (Å²) in [4.78, 5) is 0. The van der Waals surface area contributed by atoms with Crippen LogP contribution in [0.15, 0.2) is 46.9 Å². The molecule has 0 aliphatic carbocycles. The van der Waals surface area contributed by atoms with Crippen LogP contribution >= 0.6 is 27.5 Å². The molecule has 0 unspecified atom stereocenters. The van der Waals surface area contributed by atoms with Crippen LogP contribution < -0.4 is 4.74 Å². The molecule has 0 bridgehead atoms. The molecule has 0 N–H and O–H groups in total. The minimum Gasteiger partial charge on any atom is -0.488 e. The first-order chi connectivity index (χ1) is 8.15. The molecule has 2 aromatic rings. The Morgan fingerprint density at radius 3 is 2.71 bits per heavy atom. The van der Waals surface area contributed by atoms with Crippen LogP contribution in [0.25, 0.3) is 0 Å². The summed E-state index contributed by atoms with van der Waals surface area (Å²) >= 11 is 9.17. The summed E-state index contributed by atoms with van der Waals surface area (Å²) < 4.78 is 19.3. The molecular weight excluding hydrogens is 306 g/mol. The smallest absolute Gasteiger partial charge is 0.134 e. The van der Waals surface area contributed by atoms with Crippen molar-refractivity contribution >= 4 is 27.5 Å². The molecule has 0 aromatic heterocycles. The second kappa shape index (κ2) is 5.52. The molecule has 17 heavy (non-hydrogen) atoms. The Morgan fingerprint density at radius 1 is 1.18 bits per heavy atom. The molecular formula is C13H9BrClFO. The molecule has 0 saturated heterocycles. The summed E-state index contributed by atoms with van der Waals surface area (Å²) in [5, 5.41) is 0.634. The highest BCUT2D eigenvalue weighted by atomic mass is 79.9. The fourth-order valence-corrected chi connectivity index (χ4v) is 2.18. The van der Waals surface area contributed by atoms with Crippen LogP contribution in [0.4, 0.5) is 4.39 Å². The lowest BCUT2D eigenvalue weighted by Gasteiger charge is -2.08. The molecule has 88 valence electrons. The lowest BCUT2D eigenvalue weighted by atomic mass is 10.2. The third-order valence-corrected chi connectivity index (χ3v) is 3.03. The summed E-state index contributed by atoms with van der Waals surface area (Å²) in [6, 6.07) is 11.6. The molecule has 0 saturated carbocycles. The standard InChI is InChI=1S/C13H9BrClFO/c14-12-7-10(15)4-5-13(12)17-8-9-2-1-3-11(16)6-9/h1-7H,8H2. The first-order valence-electron chi connectivity index (χ1n) is 4.97. The van der Waals surface area contributed by atoms with E-state index < -0.39 is 0 Å². The monoisotopic (exact) mass is 314 g/mol. The van der Waals surface area contributed by atoms with Crippen molar-refractivity contribution in [2.75, 3.05) is 0 Å². The van der Waals surface area contributed by atoms with Crippen molar-refractivity contribution in [3.05, 3.63) is 63.3 Å². The van der Waals surface area contributed by atoms with Gasteiger partial charge >= 0.3 is 0 Å². The zero-order chi connectivity index (χ0) is 12.3. The van der Waals surface area contributed by atoms with Gasteiger partial charge in [-0.2, -0.15) is 0 Å². The van der Waals surface area contributed by atoms with Crippen molar-refractivity contribution in [2.45, 2.75) is 6.61 Å². The Kier molecular flexibility index (Phi) is 4.02.